The van der Waals surface area contributed by atoms with Crippen LogP contribution in [0.4, 0.5) is 13.2 Å². The smallest absolute Gasteiger partial charge is 0.192 e. The molecule has 3 aromatic rings. The molecule has 142 valence electrons. The minimum atomic E-state index is -0.424. The highest BCUT2D eigenvalue weighted by molar-refractivity contribution is 5.82. The van der Waals surface area contributed by atoms with Crippen LogP contribution >= 0.6 is 0 Å². The summed E-state index contributed by atoms with van der Waals surface area (Å²) in [6, 6.07) is 18.0. The summed E-state index contributed by atoms with van der Waals surface area (Å²) in [7, 11) is 0. The molecule has 6 heteroatoms. The Balaban J connectivity index is 1.60. The van der Waals surface area contributed by atoms with Gasteiger partial charge < -0.3 is 10.6 Å². The van der Waals surface area contributed by atoms with E-state index in [4.69, 9.17) is 0 Å². The Kier molecular flexibility index (Phi) is 5.02. The molecule has 0 saturated carbocycles. The van der Waals surface area contributed by atoms with Crippen molar-refractivity contribution in [3.8, 4) is 0 Å². The molecule has 28 heavy (non-hydrogen) atoms. The van der Waals surface area contributed by atoms with Gasteiger partial charge in [0.25, 0.3) is 0 Å². The maximum Gasteiger partial charge on any atom is 0.192 e. The highest BCUT2D eigenvalue weighted by Crippen LogP contribution is 2.36. The summed E-state index contributed by atoms with van der Waals surface area (Å²) in [6.45, 7) is 0.370. The van der Waals surface area contributed by atoms with E-state index in [2.05, 4.69) is 15.6 Å². The molecule has 3 aromatic carbocycles. The molecule has 0 aliphatic carbocycles. The summed E-state index contributed by atoms with van der Waals surface area (Å²) in [5, 5.41) is 6.38. The standard InChI is InChI=1S/C22H18F3N3/c23-17-7-1-4-14(10-17)13-26-22-27-20(15-5-2-8-18(24)11-15)21(28-22)16-6-3-9-19(25)12-16/h1-12,20-21H,13H2,(H2,26,27,28)/t20-,21?/m1/s1. The maximum atomic E-state index is 13.7. The first-order chi connectivity index (χ1) is 13.6. The maximum absolute atomic E-state index is 13.7. The fourth-order valence-corrected chi connectivity index (χ4v) is 3.33. The largest absolute Gasteiger partial charge is 0.352 e. The SMILES string of the molecule is Fc1cccc(CNC2=NC(c3cccc(F)c3)[C@@H](c3cccc(F)c3)N2)c1. The van der Waals surface area contributed by atoms with Crippen LogP contribution in [0.15, 0.2) is 77.8 Å². The highest BCUT2D eigenvalue weighted by atomic mass is 19.1. The van der Waals surface area contributed by atoms with E-state index in [9.17, 15) is 13.2 Å². The van der Waals surface area contributed by atoms with E-state index in [0.717, 1.165) is 5.56 Å². The first-order valence-corrected chi connectivity index (χ1v) is 8.92. The molecule has 2 atom stereocenters. The minimum Gasteiger partial charge on any atom is -0.352 e. The van der Waals surface area contributed by atoms with Crippen LogP contribution in [0.25, 0.3) is 0 Å². The molecule has 1 heterocycles. The average molecular weight is 381 g/mol. The van der Waals surface area contributed by atoms with Crippen molar-refractivity contribution in [2.45, 2.75) is 18.6 Å². The molecule has 0 amide bonds. The quantitative estimate of drug-likeness (QED) is 0.691. The van der Waals surface area contributed by atoms with Crippen molar-refractivity contribution >= 4 is 5.96 Å². The molecule has 0 aromatic heterocycles. The Bertz CT molecular complexity index is 1020. The number of halogens is 3. The molecule has 1 unspecified atom stereocenters. The topological polar surface area (TPSA) is 36.4 Å². The Hall–Kier alpha value is -3.28. The van der Waals surface area contributed by atoms with Gasteiger partial charge >= 0.3 is 0 Å². The van der Waals surface area contributed by atoms with Gasteiger partial charge in [-0.1, -0.05) is 36.4 Å². The van der Waals surface area contributed by atoms with E-state index < -0.39 is 6.04 Å². The van der Waals surface area contributed by atoms with Gasteiger partial charge in [-0.25, -0.2) is 18.2 Å². The Morgan fingerprint density at radius 2 is 1.39 bits per heavy atom. The summed E-state index contributed by atoms with van der Waals surface area (Å²) in [6.07, 6.45) is 0. The lowest BCUT2D eigenvalue weighted by Crippen LogP contribution is -2.35. The minimum absolute atomic E-state index is 0.309. The molecule has 0 fully saturated rings. The zero-order valence-corrected chi connectivity index (χ0v) is 14.9. The van der Waals surface area contributed by atoms with Gasteiger partial charge in [-0.2, -0.15) is 0 Å². The zero-order chi connectivity index (χ0) is 19.5. The summed E-state index contributed by atoms with van der Waals surface area (Å²) in [5.41, 5.74) is 2.16. The third kappa shape index (κ3) is 4.01. The van der Waals surface area contributed by atoms with E-state index in [1.54, 1.807) is 36.4 Å². The fourth-order valence-electron chi connectivity index (χ4n) is 3.33. The second-order valence-electron chi connectivity index (χ2n) is 6.64. The van der Waals surface area contributed by atoms with Gasteiger partial charge in [-0.3, -0.25) is 0 Å². The van der Waals surface area contributed by atoms with Crippen LogP contribution in [0.5, 0.6) is 0 Å². The van der Waals surface area contributed by atoms with Gasteiger partial charge in [-0.15, -0.1) is 0 Å². The lowest BCUT2D eigenvalue weighted by molar-refractivity contribution is 0.554. The second-order valence-corrected chi connectivity index (χ2v) is 6.64. The lowest BCUT2D eigenvalue weighted by Gasteiger charge is -2.19. The van der Waals surface area contributed by atoms with Crippen LogP contribution in [-0.2, 0) is 6.54 Å². The third-order valence-electron chi connectivity index (χ3n) is 4.62. The number of hydrogen-bond acceptors (Lipinski definition) is 3. The third-order valence-corrected chi connectivity index (χ3v) is 4.62. The van der Waals surface area contributed by atoms with Gasteiger partial charge in [0.15, 0.2) is 5.96 Å². The number of hydrogen-bond donors (Lipinski definition) is 2. The van der Waals surface area contributed by atoms with Crippen LogP contribution < -0.4 is 10.6 Å². The van der Waals surface area contributed by atoms with Crippen LogP contribution in [0.2, 0.25) is 0 Å². The van der Waals surface area contributed by atoms with E-state index in [-0.39, 0.29) is 23.5 Å². The molecule has 1 aliphatic heterocycles. The number of aliphatic imine (C=N–C) groups is 1. The monoisotopic (exact) mass is 381 g/mol. The molecule has 1 aliphatic rings. The summed E-state index contributed by atoms with van der Waals surface area (Å²) >= 11 is 0. The number of nitrogens with one attached hydrogen (secondary N) is 2. The van der Waals surface area contributed by atoms with Crippen molar-refractivity contribution in [1.29, 1.82) is 0 Å². The molecule has 2 N–H and O–H groups in total. The normalized spacial score (nSPS) is 18.5. The second kappa shape index (κ2) is 7.76. The Morgan fingerprint density at radius 1 is 0.786 bits per heavy atom. The Morgan fingerprint density at radius 3 is 2.07 bits per heavy atom. The van der Waals surface area contributed by atoms with Crippen molar-refractivity contribution in [2.75, 3.05) is 0 Å². The molecule has 0 spiro atoms. The van der Waals surface area contributed by atoms with Gasteiger partial charge in [-0.05, 0) is 53.1 Å². The molecule has 3 nitrogen and oxygen atoms in total. The van der Waals surface area contributed by atoms with Crippen molar-refractivity contribution < 1.29 is 13.2 Å². The van der Waals surface area contributed by atoms with Crippen LogP contribution in [0, 0.1) is 17.5 Å². The number of guanidine groups is 1. The predicted octanol–water partition coefficient (Wildman–Crippen LogP) is 4.64. The van der Waals surface area contributed by atoms with Gasteiger partial charge in [0.2, 0.25) is 0 Å². The number of nitrogens with zero attached hydrogens (tertiary/aromatic N) is 1. The molecular weight excluding hydrogens is 363 g/mol. The molecule has 0 bridgehead atoms. The molecule has 0 radical (unpaired) electrons. The summed E-state index contributed by atoms with van der Waals surface area (Å²) < 4.78 is 40.8. The molecule has 0 saturated heterocycles. The van der Waals surface area contributed by atoms with Gasteiger partial charge in [0.05, 0.1) is 6.04 Å². The van der Waals surface area contributed by atoms with Gasteiger partial charge in [0.1, 0.15) is 23.5 Å². The van der Waals surface area contributed by atoms with Crippen LogP contribution in [-0.4, -0.2) is 5.96 Å². The van der Waals surface area contributed by atoms with Crippen LogP contribution in [0.1, 0.15) is 28.8 Å². The molecule has 4 rings (SSSR count). The van der Waals surface area contributed by atoms with Crippen molar-refractivity contribution in [3.63, 3.8) is 0 Å². The highest BCUT2D eigenvalue weighted by Gasteiger charge is 2.31. The van der Waals surface area contributed by atoms with Gasteiger partial charge in [0, 0.05) is 6.54 Å². The first kappa shape index (κ1) is 18.1. The predicted molar refractivity (Wildman–Crippen MR) is 102 cm³/mol. The number of benzene rings is 3. The summed E-state index contributed by atoms with van der Waals surface area (Å²) in [4.78, 5) is 4.64. The fraction of sp³-hybridized carbons (Fsp3) is 0.136. The average Bonchev–Trinajstić information content (AvgIpc) is 3.11. The van der Waals surface area contributed by atoms with Crippen molar-refractivity contribution in [3.05, 3.63) is 107 Å². The van der Waals surface area contributed by atoms with E-state index in [1.807, 2.05) is 0 Å². The van der Waals surface area contributed by atoms with E-state index >= 15 is 0 Å². The zero-order valence-electron chi connectivity index (χ0n) is 14.9. The van der Waals surface area contributed by atoms with Crippen molar-refractivity contribution in [2.24, 2.45) is 4.99 Å². The van der Waals surface area contributed by atoms with Crippen LogP contribution in [0.3, 0.4) is 0 Å². The lowest BCUT2D eigenvalue weighted by atomic mass is 9.95. The molecular formula is C22H18F3N3. The first-order valence-electron chi connectivity index (χ1n) is 8.92. The van der Waals surface area contributed by atoms with E-state index in [1.165, 1.54) is 36.4 Å². The van der Waals surface area contributed by atoms with E-state index in [0.29, 0.717) is 23.6 Å². The number of rotatable bonds is 4. The van der Waals surface area contributed by atoms with Crippen molar-refractivity contribution in [1.82, 2.24) is 10.6 Å². The summed E-state index contributed by atoms with van der Waals surface area (Å²) in [5.74, 6) is -0.519. The Labute approximate surface area is 160 Å².